The Morgan fingerprint density at radius 2 is 2.00 bits per heavy atom. The summed E-state index contributed by atoms with van der Waals surface area (Å²) in [7, 11) is 0. The van der Waals surface area contributed by atoms with Crippen LogP contribution in [0.5, 0.6) is 0 Å². The van der Waals surface area contributed by atoms with Gasteiger partial charge in [-0.2, -0.15) is 0 Å². The molecule has 7 nitrogen and oxygen atoms in total. The van der Waals surface area contributed by atoms with Crippen molar-refractivity contribution in [1.82, 2.24) is 9.97 Å². The Balaban J connectivity index is 1.83. The van der Waals surface area contributed by atoms with Gasteiger partial charge in [0.15, 0.2) is 5.13 Å². The van der Waals surface area contributed by atoms with Gasteiger partial charge in [0.2, 0.25) is 0 Å². The van der Waals surface area contributed by atoms with Crippen LogP contribution in [0.1, 0.15) is 15.2 Å². The number of carbonyl (C=O) groups excluding carboxylic acids is 1. The van der Waals surface area contributed by atoms with Gasteiger partial charge in [-0.05, 0) is 30.7 Å². The molecule has 1 aliphatic heterocycles. The van der Waals surface area contributed by atoms with Crippen molar-refractivity contribution < 1.29 is 9.53 Å². The topological polar surface area (TPSA) is 84.6 Å². The molecule has 1 aromatic carbocycles. The molecule has 3 aromatic rings. The van der Waals surface area contributed by atoms with Crippen LogP contribution in [0.4, 0.5) is 22.5 Å². The van der Waals surface area contributed by atoms with E-state index in [-0.39, 0.29) is 0 Å². The number of aryl methyl sites for hydroxylation is 1. The van der Waals surface area contributed by atoms with Crippen molar-refractivity contribution in [1.29, 1.82) is 0 Å². The number of benzene rings is 1. The van der Waals surface area contributed by atoms with Crippen molar-refractivity contribution in [2.45, 2.75) is 6.92 Å². The number of thiazole rings is 1. The highest BCUT2D eigenvalue weighted by Gasteiger charge is 2.23. The van der Waals surface area contributed by atoms with Crippen LogP contribution in [0.25, 0.3) is 0 Å². The van der Waals surface area contributed by atoms with E-state index in [1.165, 1.54) is 17.5 Å². The minimum Gasteiger partial charge on any atom is -0.378 e. The lowest BCUT2D eigenvalue weighted by Crippen LogP contribution is -2.36. The second-order valence-corrected chi connectivity index (χ2v) is 7.98. The minimum absolute atomic E-state index is 0.374. The van der Waals surface area contributed by atoms with Crippen LogP contribution in [-0.4, -0.2) is 42.2 Å². The van der Waals surface area contributed by atoms with Crippen molar-refractivity contribution in [2.75, 3.05) is 36.1 Å². The van der Waals surface area contributed by atoms with Crippen LogP contribution in [0.2, 0.25) is 5.02 Å². The highest BCUT2D eigenvalue weighted by molar-refractivity contribution is 7.17. The molecule has 3 heterocycles. The molecule has 0 aliphatic carbocycles. The third-order valence-corrected chi connectivity index (χ3v) is 5.93. The van der Waals surface area contributed by atoms with E-state index in [9.17, 15) is 4.79 Å². The average molecular weight is 430 g/mol. The maximum absolute atomic E-state index is 11.6. The number of amides is 1. The zero-order chi connectivity index (χ0) is 20.4. The van der Waals surface area contributed by atoms with Gasteiger partial charge in [-0.3, -0.25) is 9.69 Å². The number of para-hydroxylation sites is 1. The first-order chi connectivity index (χ1) is 14.0. The molecule has 0 radical (unpaired) electrons. The number of nitrogens with two attached hydrogens (primary N) is 1. The van der Waals surface area contributed by atoms with Gasteiger partial charge in [-0.1, -0.05) is 41.1 Å². The number of primary amides is 1. The normalized spacial score (nSPS) is 14.1. The molecule has 29 heavy (non-hydrogen) atoms. The first-order valence-corrected chi connectivity index (χ1v) is 10.3. The number of ether oxygens (including phenoxy) is 1. The predicted molar refractivity (Wildman–Crippen MR) is 116 cm³/mol. The van der Waals surface area contributed by atoms with Crippen LogP contribution in [0.15, 0.2) is 42.6 Å². The zero-order valence-electron chi connectivity index (χ0n) is 15.8. The molecule has 1 saturated heterocycles. The van der Waals surface area contributed by atoms with Crippen molar-refractivity contribution in [2.24, 2.45) is 5.73 Å². The molecule has 1 aliphatic rings. The lowest BCUT2D eigenvalue weighted by Gasteiger charge is -2.29. The highest BCUT2D eigenvalue weighted by atomic mass is 35.5. The standard InChI is InChI=1S/C20H20ClN5O2S/c1-13-4-2-5-14(21)18(13)26(20-23-12-15(29-20)19(22)27)17-7-3-6-16(24-17)25-8-10-28-11-9-25/h2-7,12H,8-11H2,1H3,(H2,22,27). The molecule has 4 rings (SSSR count). The predicted octanol–water partition coefficient (Wildman–Crippen LogP) is 3.91. The summed E-state index contributed by atoms with van der Waals surface area (Å²) in [5, 5.41) is 1.14. The van der Waals surface area contributed by atoms with Crippen LogP contribution >= 0.6 is 22.9 Å². The largest absolute Gasteiger partial charge is 0.378 e. The fourth-order valence-electron chi connectivity index (χ4n) is 3.20. The van der Waals surface area contributed by atoms with E-state index in [4.69, 9.17) is 27.1 Å². The molecule has 2 aromatic heterocycles. The SMILES string of the molecule is Cc1cccc(Cl)c1N(c1cccc(N2CCOCC2)n1)c1ncc(C(N)=O)s1. The van der Waals surface area contributed by atoms with Gasteiger partial charge >= 0.3 is 0 Å². The number of anilines is 4. The van der Waals surface area contributed by atoms with Crippen molar-refractivity contribution >= 4 is 51.3 Å². The number of rotatable bonds is 5. The molecule has 0 bridgehead atoms. The van der Waals surface area contributed by atoms with E-state index in [0.29, 0.717) is 34.1 Å². The molecule has 1 amide bonds. The van der Waals surface area contributed by atoms with Gasteiger partial charge in [0, 0.05) is 13.1 Å². The van der Waals surface area contributed by atoms with E-state index in [1.807, 2.05) is 48.2 Å². The van der Waals surface area contributed by atoms with E-state index >= 15 is 0 Å². The minimum atomic E-state index is -0.514. The van der Waals surface area contributed by atoms with E-state index < -0.39 is 5.91 Å². The average Bonchev–Trinajstić information content (AvgIpc) is 3.22. The van der Waals surface area contributed by atoms with Crippen LogP contribution in [0, 0.1) is 6.92 Å². The number of nitrogens with zero attached hydrogens (tertiary/aromatic N) is 4. The number of hydrogen-bond acceptors (Lipinski definition) is 7. The van der Waals surface area contributed by atoms with E-state index in [0.717, 1.165) is 30.2 Å². The van der Waals surface area contributed by atoms with Crippen molar-refractivity contribution in [3.05, 3.63) is 58.1 Å². The number of hydrogen-bond donors (Lipinski definition) is 1. The molecule has 2 N–H and O–H groups in total. The smallest absolute Gasteiger partial charge is 0.260 e. The van der Waals surface area contributed by atoms with Crippen molar-refractivity contribution in [3.63, 3.8) is 0 Å². The molecule has 0 unspecified atom stereocenters. The van der Waals surface area contributed by atoms with Gasteiger partial charge in [0.25, 0.3) is 5.91 Å². The summed E-state index contributed by atoms with van der Waals surface area (Å²) in [6.45, 7) is 4.89. The quantitative estimate of drug-likeness (QED) is 0.662. The Morgan fingerprint density at radius 3 is 2.69 bits per heavy atom. The van der Waals surface area contributed by atoms with Gasteiger partial charge in [-0.25, -0.2) is 9.97 Å². The number of carbonyl (C=O) groups is 1. The van der Waals surface area contributed by atoms with Gasteiger partial charge < -0.3 is 15.4 Å². The maximum Gasteiger partial charge on any atom is 0.260 e. The number of morpholine rings is 1. The Bertz CT molecular complexity index is 1010. The molecule has 150 valence electrons. The Labute approximate surface area is 177 Å². The molecule has 1 fully saturated rings. The van der Waals surface area contributed by atoms with Gasteiger partial charge in [-0.15, -0.1) is 0 Å². The summed E-state index contributed by atoms with van der Waals surface area (Å²) in [4.78, 5) is 25.3. The lowest BCUT2D eigenvalue weighted by molar-refractivity contribution is 0.100. The first kappa shape index (κ1) is 19.6. The third-order valence-electron chi connectivity index (χ3n) is 4.62. The molecule has 0 atom stereocenters. The van der Waals surface area contributed by atoms with Crippen LogP contribution in [-0.2, 0) is 4.74 Å². The van der Waals surface area contributed by atoms with Crippen LogP contribution < -0.4 is 15.5 Å². The number of pyridine rings is 1. The summed E-state index contributed by atoms with van der Waals surface area (Å²) in [5.41, 5.74) is 7.17. The summed E-state index contributed by atoms with van der Waals surface area (Å²) in [6, 6.07) is 11.5. The van der Waals surface area contributed by atoms with Crippen LogP contribution in [0.3, 0.4) is 0 Å². The Morgan fingerprint density at radius 1 is 1.24 bits per heavy atom. The number of halogens is 1. The van der Waals surface area contributed by atoms with Crippen molar-refractivity contribution in [3.8, 4) is 0 Å². The maximum atomic E-state index is 11.6. The summed E-state index contributed by atoms with van der Waals surface area (Å²) in [6.07, 6.45) is 1.48. The number of aromatic nitrogens is 2. The highest BCUT2D eigenvalue weighted by Crippen LogP contribution is 2.41. The Kier molecular flexibility index (Phi) is 5.66. The summed E-state index contributed by atoms with van der Waals surface area (Å²) < 4.78 is 5.44. The first-order valence-electron chi connectivity index (χ1n) is 9.15. The van der Waals surface area contributed by atoms with E-state index in [1.54, 1.807) is 0 Å². The second kappa shape index (κ2) is 8.36. The van der Waals surface area contributed by atoms with E-state index in [2.05, 4.69) is 9.88 Å². The summed E-state index contributed by atoms with van der Waals surface area (Å²) >= 11 is 7.78. The second-order valence-electron chi connectivity index (χ2n) is 6.57. The summed E-state index contributed by atoms with van der Waals surface area (Å²) in [5.74, 6) is 1.00. The fraction of sp³-hybridized carbons (Fsp3) is 0.250. The molecular formula is C20H20ClN5O2S. The molecule has 0 saturated carbocycles. The third kappa shape index (κ3) is 4.05. The Hall–Kier alpha value is -2.68. The molecule has 9 heteroatoms. The fourth-order valence-corrected chi connectivity index (χ4v) is 4.29. The van der Waals surface area contributed by atoms with Gasteiger partial charge in [0.1, 0.15) is 16.5 Å². The monoisotopic (exact) mass is 429 g/mol. The lowest BCUT2D eigenvalue weighted by atomic mass is 10.2. The van der Waals surface area contributed by atoms with Gasteiger partial charge in [0.05, 0.1) is 30.1 Å². The zero-order valence-corrected chi connectivity index (χ0v) is 17.4. The molecular weight excluding hydrogens is 410 g/mol. The molecule has 0 spiro atoms.